The van der Waals surface area contributed by atoms with Crippen LogP contribution in [0, 0.1) is 0 Å². The Labute approximate surface area is 187 Å². The fraction of sp³-hybridized carbons (Fsp3) is 0.316. The average molecular weight is 406 g/mol. The van der Waals surface area contributed by atoms with Crippen LogP contribution < -0.4 is 39.6 Å². The number of aliphatic hydroxyl groups is 1. The standard InChI is InChI=1S/C19H22ClNO4.Na.H2O.H/c1-13(21-11-18(22)15-3-2-4-16(20)10-15)9-14-5-7-17(8-6-14)25-12-19(23)24;;;/h2-8,10,13,18,21-22H,9,11-12H2,1H3,(H,23,24);;1H2;/q;+1;;-1. The first-order chi connectivity index (χ1) is 11.9. The Bertz CT molecular complexity index is 705. The van der Waals surface area contributed by atoms with Crippen LogP contribution in [-0.4, -0.2) is 40.9 Å². The minimum atomic E-state index is -1.000. The molecule has 0 spiro atoms. The normalized spacial score (nSPS) is 12.3. The number of benzene rings is 2. The molecule has 0 aromatic heterocycles. The van der Waals surface area contributed by atoms with Gasteiger partial charge in [-0.3, -0.25) is 0 Å². The summed E-state index contributed by atoms with van der Waals surface area (Å²) in [6, 6.07) is 14.7. The predicted octanol–water partition coefficient (Wildman–Crippen LogP) is -0.651. The molecule has 27 heavy (non-hydrogen) atoms. The van der Waals surface area contributed by atoms with Gasteiger partial charge in [-0.05, 0) is 48.7 Å². The number of rotatable bonds is 9. The van der Waals surface area contributed by atoms with E-state index in [0.717, 1.165) is 17.5 Å². The molecule has 8 heteroatoms. The molecule has 2 unspecified atom stereocenters. The first-order valence-electron chi connectivity index (χ1n) is 8.04. The van der Waals surface area contributed by atoms with Gasteiger partial charge in [-0.2, -0.15) is 0 Å². The summed E-state index contributed by atoms with van der Waals surface area (Å²) in [5, 5.41) is 22.7. The number of halogens is 1. The van der Waals surface area contributed by atoms with E-state index < -0.39 is 12.1 Å². The van der Waals surface area contributed by atoms with Crippen LogP contribution in [0.15, 0.2) is 48.5 Å². The summed E-state index contributed by atoms with van der Waals surface area (Å²) >= 11 is 5.94. The number of aliphatic carboxylic acids is 1. The van der Waals surface area contributed by atoms with E-state index in [-0.39, 0.29) is 49.1 Å². The number of aliphatic hydroxyl groups excluding tert-OH is 1. The zero-order valence-electron chi connectivity index (χ0n) is 16.5. The van der Waals surface area contributed by atoms with Crippen LogP contribution in [-0.2, 0) is 11.2 Å². The van der Waals surface area contributed by atoms with Crippen molar-refractivity contribution < 1.29 is 56.2 Å². The maximum atomic E-state index is 10.5. The molecule has 144 valence electrons. The van der Waals surface area contributed by atoms with Gasteiger partial charge in [-0.1, -0.05) is 35.9 Å². The van der Waals surface area contributed by atoms with Crippen LogP contribution in [0.4, 0.5) is 0 Å². The molecule has 0 heterocycles. The van der Waals surface area contributed by atoms with Crippen molar-refractivity contribution >= 4 is 17.6 Å². The maximum Gasteiger partial charge on any atom is 1.00 e. The van der Waals surface area contributed by atoms with Crippen molar-refractivity contribution in [3.63, 3.8) is 0 Å². The number of nitrogens with one attached hydrogen (secondary N) is 1. The monoisotopic (exact) mass is 405 g/mol. The summed E-state index contributed by atoms with van der Waals surface area (Å²) in [4.78, 5) is 10.5. The molecule has 5 N–H and O–H groups in total. The van der Waals surface area contributed by atoms with Crippen molar-refractivity contribution in [2.45, 2.75) is 25.5 Å². The van der Waals surface area contributed by atoms with Crippen LogP contribution in [0.25, 0.3) is 0 Å². The summed E-state index contributed by atoms with van der Waals surface area (Å²) in [5.74, 6) is -0.469. The SMILES string of the molecule is CC(Cc1ccc(OCC(=O)O)cc1)NCC(O)c1cccc(Cl)c1.O.[H-].[Na+]. The molecule has 0 aliphatic heterocycles. The molecule has 0 bridgehead atoms. The van der Waals surface area contributed by atoms with Gasteiger partial charge in [-0.15, -0.1) is 0 Å². The quantitative estimate of drug-likeness (QED) is 0.480. The van der Waals surface area contributed by atoms with Crippen molar-refractivity contribution in [3.8, 4) is 5.75 Å². The molecular formula is C19H25ClNNaO5. The largest absolute Gasteiger partial charge is 1.00 e. The summed E-state index contributed by atoms with van der Waals surface area (Å²) in [5.41, 5.74) is 1.88. The molecular weight excluding hydrogens is 381 g/mol. The van der Waals surface area contributed by atoms with E-state index in [1.54, 1.807) is 24.3 Å². The molecule has 0 fully saturated rings. The molecule has 0 aliphatic carbocycles. The molecule has 2 rings (SSSR count). The van der Waals surface area contributed by atoms with Gasteiger partial charge in [0, 0.05) is 17.6 Å². The smallest absolute Gasteiger partial charge is 1.00 e. The van der Waals surface area contributed by atoms with E-state index in [2.05, 4.69) is 5.32 Å². The van der Waals surface area contributed by atoms with E-state index in [1.807, 2.05) is 31.2 Å². The van der Waals surface area contributed by atoms with Crippen molar-refractivity contribution in [1.29, 1.82) is 0 Å². The zero-order valence-corrected chi connectivity index (χ0v) is 18.2. The van der Waals surface area contributed by atoms with Gasteiger partial charge in [0.1, 0.15) is 5.75 Å². The molecule has 2 aromatic carbocycles. The van der Waals surface area contributed by atoms with Gasteiger partial charge >= 0.3 is 35.5 Å². The van der Waals surface area contributed by atoms with Crippen molar-refractivity contribution in [2.24, 2.45) is 0 Å². The number of ether oxygens (including phenoxy) is 1. The van der Waals surface area contributed by atoms with Crippen LogP contribution in [0.5, 0.6) is 5.75 Å². The van der Waals surface area contributed by atoms with Gasteiger partial charge < -0.3 is 27.2 Å². The molecule has 0 saturated carbocycles. The second-order valence-electron chi connectivity index (χ2n) is 5.91. The third kappa shape index (κ3) is 9.58. The third-order valence-electron chi connectivity index (χ3n) is 3.72. The summed E-state index contributed by atoms with van der Waals surface area (Å²) in [6.45, 7) is 2.12. The second kappa shape index (κ2) is 13.1. The fourth-order valence-corrected chi connectivity index (χ4v) is 2.64. The van der Waals surface area contributed by atoms with Crippen molar-refractivity contribution in [2.75, 3.05) is 13.2 Å². The van der Waals surface area contributed by atoms with Crippen LogP contribution in [0.3, 0.4) is 0 Å². The van der Waals surface area contributed by atoms with Crippen molar-refractivity contribution in [1.82, 2.24) is 5.32 Å². The van der Waals surface area contributed by atoms with E-state index in [0.29, 0.717) is 17.3 Å². The number of hydrogen-bond donors (Lipinski definition) is 3. The van der Waals surface area contributed by atoms with Gasteiger partial charge in [0.2, 0.25) is 0 Å². The predicted molar refractivity (Wildman–Crippen MR) is 102 cm³/mol. The van der Waals surface area contributed by atoms with Crippen LogP contribution in [0.2, 0.25) is 5.02 Å². The Kier molecular flexibility index (Phi) is 12.6. The molecule has 6 nitrogen and oxygen atoms in total. The first kappa shape index (κ1) is 25.9. The number of carbonyl (C=O) groups is 1. The zero-order chi connectivity index (χ0) is 18.2. The summed E-state index contributed by atoms with van der Waals surface area (Å²) in [7, 11) is 0. The Hall–Kier alpha value is -1.12. The molecule has 0 radical (unpaired) electrons. The molecule has 0 saturated heterocycles. The Morgan fingerprint density at radius 1 is 1.26 bits per heavy atom. The Balaban J connectivity index is 0. The van der Waals surface area contributed by atoms with E-state index in [4.69, 9.17) is 21.4 Å². The van der Waals surface area contributed by atoms with E-state index in [1.165, 1.54) is 0 Å². The minimum Gasteiger partial charge on any atom is -1.00 e. The van der Waals surface area contributed by atoms with E-state index >= 15 is 0 Å². The van der Waals surface area contributed by atoms with Crippen LogP contribution >= 0.6 is 11.6 Å². The number of carboxylic acids is 1. The van der Waals surface area contributed by atoms with Crippen LogP contribution in [0.1, 0.15) is 25.6 Å². The van der Waals surface area contributed by atoms with Gasteiger partial charge in [0.05, 0.1) is 6.10 Å². The maximum absolute atomic E-state index is 10.5. The topological polar surface area (TPSA) is 110 Å². The average Bonchev–Trinajstić information content (AvgIpc) is 2.59. The third-order valence-corrected chi connectivity index (χ3v) is 3.96. The molecule has 0 aliphatic rings. The molecule has 0 amide bonds. The summed E-state index contributed by atoms with van der Waals surface area (Å²) in [6.07, 6.45) is 0.162. The van der Waals surface area contributed by atoms with Gasteiger partial charge in [0.25, 0.3) is 0 Å². The van der Waals surface area contributed by atoms with E-state index in [9.17, 15) is 9.90 Å². The Morgan fingerprint density at radius 2 is 1.93 bits per heavy atom. The fourth-order valence-electron chi connectivity index (χ4n) is 2.44. The second-order valence-corrected chi connectivity index (χ2v) is 6.35. The van der Waals surface area contributed by atoms with Gasteiger partial charge in [0.15, 0.2) is 6.61 Å². The Morgan fingerprint density at radius 3 is 2.52 bits per heavy atom. The molecule has 2 aromatic rings. The first-order valence-corrected chi connectivity index (χ1v) is 8.42. The van der Waals surface area contributed by atoms with Gasteiger partial charge in [-0.25, -0.2) is 4.79 Å². The summed E-state index contributed by atoms with van der Waals surface area (Å²) < 4.78 is 5.11. The molecule has 2 atom stereocenters. The number of hydrogen-bond acceptors (Lipinski definition) is 4. The number of carboxylic acid groups (broad SMARTS) is 1. The minimum absolute atomic E-state index is 0. The van der Waals surface area contributed by atoms with Crippen molar-refractivity contribution in [3.05, 3.63) is 64.7 Å².